The number of nitrogens with zero attached hydrogens (tertiary/aromatic N) is 2. The fourth-order valence-corrected chi connectivity index (χ4v) is 4.13. The van der Waals surface area contributed by atoms with E-state index in [9.17, 15) is 9.90 Å². The standard InChI is InChI=1S/C23H30N2O3/c1-4-25(5-2)14-20-9-7-18(11-21-13-24-15-28-21)22-12-19(23(26)27)8-6-17(22)10-16(20)3/h6,8,12-13,15,18H,4-5,7,9-11,14H2,1-3H3,(H,26,27). The quantitative estimate of drug-likeness (QED) is 0.704. The molecule has 5 nitrogen and oxygen atoms in total. The molecule has 28 heavy (non-hydrogen) atoms. The van der Waals surface area contributed by atoms with Crippen LogP contribution in [0.3, 0.4) is 0 Å². The van der Waals surface area contributed by atoms with Gasteiger partial charge in [-0.2, -0.15) is 0 Å². The van der Waals surface area contributed by atoms with Crippen LogP contribution in [-0.4, -0.2) is 40.6 Å². The molecular weight excluding hydrogens is 352 g/mol. The number of likely N-dealkylation sites (N-methyl/N-ethyl adjacent to an activating group) is 1. The number of carboxylic acids is 1. The average Bonchev–Trinajstić information content (AvgIpc) is 3.19. The third kappa shape index (κ3) is 4.71. The van der Waals surface area contributed by atoms with E-state index in [1.54, 1.807) is 12.3 Å². The summed E-state index contributed by atoms with van der Waals surface area (Å²) in [5.41, 5.74) is 5.64. The molecule has 3 rings (SSSR count). The van der Waals surface area contributed by atoms with E-state index in [0.29, 0.717) is 5.56 Å². The highest BCUT2D eigenvalue weighted by molar-refractivity contribution is 5.88. The molecule has 2 aromatic rings. The molecule has 150 valence electrons. The Morgan fingerprint density at radius 3 is 2.75 bits per heavy atom. The van der Waals surface area contributed by atoms with Crippen LogP contribution in [-0.2, 0) is 12.8 Å². The second-order valence-electron chi connectivity index (χ2n) is 7.65. The van der Waals surface area contributed by atoms with Crippen molar-refractivity contribution in [1.29, 1.82) is 0 Å². The molecule has 0 saturated heterocycles. The molecule has 0 bridgehead atoms. The van der Waals surface area contributed by atoms with Crippen molar-refractivity contribution in [3.05, 3.63) is 64.4 Å². The zero-order chi connectivity index (χ0) is 20.1. The number of carboxylic acid groups (broad SMARTS) is 1. The molecule has 0 fully saturated rings. The lowest BCUT2D eigenvalue weighted by atomic mass is 9.80. The zero-order valence-corrected chi connectivity index (χ0v) is 17.1. The van der Waals surface area contributed by atoms with Crippen molar-refractivity contribution in [3.8, 4) is 0 Å². The van der Waals surface area contributed by atoms with Gasteiger partial charge in [-0.05, 0) is 68.5 Å². The van der Waals surface area contributed by atoms with Crippen molar-refractivity contribution in [2.45, 2.75) is 52.4 Å². The average molecular weight is 383 g/mol. The molecule has 1 aliphatic carbocycles. The van der Waals surface area contributed by atoms with E-state index in [1.807, 2.05) is 12.1 Å². The van der Waals surface area contributed by atoms with E-state index in [4.69, 9.17) is 4.42 Å². The monoisotopic (exact) mass is 382 g/mol. The summed E-state index contributed by atoms with van der Waals surface area (Å²) in [5.74, 6) is 0.197. The Morgan fingerprint density at radius 1 is 1.32 bits per heavy atom. The molecule has 0 radical (unpaired) electrons. The number of benzene rings is 1. The van der Waals surface area contributed by atoms with Crippen LogP contribution in [0, 0.1) is 0 Å². The smallest absolute Gasteiger partial charge is 0.335 e. The maximum Gasteiger partial charge on any atom is 0.335 e. The Hall–Kier alpha value is -2.40. The number of aromatic nitrogens is 1. The van der Waals surface area contributed by atoms with Crippen LogP contribution in [0.4, 0.5) is 0 Å². The summed E-state index contributed by atoms with van der Waals surface area (Å²) in [7, 11) is 0. The lowest BCUT2D eigenvalue weighted by molar-refractivity contribution is 0.0696. The first-order chi connectivity index (χ1) is 13.5. The first kappa shape index (κ1) is 20.3. The summed E-state index contributed by atoms with van der Waals surface area (Å²) >= 11 is 0. The molecular formula is C23H30N2O3. The van der Waals surface area contributed by atoms with Gasteiger partial charge in [0.05, 0.1) is 11.8 Å². The largest absolute Gasteiger partial charge is 0.478 e. The van der Waals surface area contributed by atoms with Crippen LogP contribution >= 0.6 is 0 Å². The normalized spacial score (nSPS) is 17.4. The maximum atomic E-state index is 11.5. The van der Waals surface area contributed by atoms with Crippen LogP contribution in [0.1, 0.15) is 66.8 Å². The van der Waals surface area contributed by atoms with Gasteiger partial charge in [0.15, 0.2) is 6.39 Å². The van der Waals surface area contributed by atoms with E-state index in [2.05, 4.69) is 30.7 Å². The van der Waals surface area contributed by atoms with Crippen LogP contribution < -0.4 is 0 Å². The van der Waals surface area contributed by atoms with Crippen LogP contribution in [0.5, 0.6) is 0 Å². The minimum atomic E-state index is -0.877. The first-order valence-corrected chi connectivity index (χ1v) is 10.1. The van der Waals surface area contributed by atoms with Crippen molar-refractivity contribution >= 4 is 5.97 Å². The van der Waals surface area contributed by atoms with Crippen molar-refractivity contribution < 1.29 is 14.3 Å². The second-order valence-corrected chi connectivity index (χ2v) is 7.65. The molecule has 1 N–H and O–H groups in total. The Bertz CT molecular complexity index is 836. The molecule has 1 aromatic heterocycles. The van der Waals surface area contributed by atoms with E-state index >= 15 is 0 Å². The van der Waals surface area contributed by atoms with Crippen molar-refractivity contribution in [2.24, 2.45) is 0 Å². The Labute approximate surface area is 167 Å². The van der Waals surface area contributed by atoms with E-state index in [0.717, 1.165) is 56.6 Å². The topological polar surface area (TPSA) is 66.6 Å². The van der Waals surface area contributed by atoms with E-state index in [-0.39, 0.29) is 5.92 Å². The van der Waals surface area contributed by atoms with Gasteiger partial charge in [-0.3, -0.25) is 4.90 Å². The van der Waals surface area contributed by atoms with Crippen molar-refractivity contribution in [1.82, 2.24) is 9.88 Å². The van der Waals surface area contributed by atoms with Gasteiger partial charge in [0, 0.05) is 13.0 Å². The van der Waals surface area contributed by atoms with E-state index in [1.165, 1.54) is 23.1 Å². The summed E-state index contributed by atoms with van der Waals surface area (Å²) in [5, 5.41) is 9.46. The maximum absolute atomic E-state index is 11.5. The molecule has 1 heterocycles. The number of oxazole rings is 1. The summed E-state index contributed by atoms with van der Waals surface area (Å²) in [4.78, 5) is 18.0. The van der Waals surface area contributed by atoms with Crippen molar-refractivity contribution in [3.63, 3.8) is 0 Å². The minimum Gasteiger partial charge on any atom is -0.478 e. The molecule has 0 spiro atoms. The highest BCUT2D eigenvalue weighted by atomic mass is 16.4. The fraction of sp³-hybridized carbons (Fsp3) is 0.478. The number of rotatable bonds is 7. The fourth-order valence-electron chi connectivity index (χ4n) is 4.13. The van der Waals surface area contributed by atoms with Gasteiger partial charge in [0.1, 0.15) is 5.76 Å². The van der Waals surface area contributed by atoms with Gasteiger partial charge in [-0.15, -0.1) is 0 Å². The highest BCUT2D eigenvalue weighted by Crippen LogP contribution is 2.35. The number of aromatic carboxylic acids is 1. The predicted octanol–water partition coefficient (Wildman–Crippen LogP) is 4.69. The van der Waals surface area contributed by atoms with E-state index < -0.39 is 5.97 Å². The molecule has 1 unspecified atom stereocenters. The zero-order valence-electron chi connectivity index (χ0n) is 17.1. The summed E-state index contributed by atoms with van der Waals surface area (Å²) < 4.78 is 5.50. The molecule has 1 aromatic carbocycles. The Balaban J connectivity index is 1.97. The Morgan fingerprint density at radius 2 is 2.11 bits per heavy atom. The molecule has 1 atom stereocenters. The lowest BCUT2D eigenvalue weighted by Crippen LogP contribution is -2.26. The van der Waals surface area contributed by atoms with Crippen molar-refractivity contribution in [2.75, 3.05) is 19.6 Å². The molecule has 0 aliphatic heterocycles. The third-order valence-corrected chi connectivity index (χ3v) is 5.93. The number of hydrogen-bond donors (Lipinski definition) is 1. The van der Waals surface area contributed by atoms with Crippen LogP contribution in [0.15, 0.2) is 46.4 Å². The summed E-state index contributed by atoms with van der Waals surface area (Å²) in [6.07, 6.45) is 6.84. The third-order valence-electron chi connectivity index (χ3n) is 5.93. The minimum absolute atomic E-state index is 0.224. The molecule has 1 aliphatic rings. The van der Waals surface area contributed by atoms with Crippen LogP contribution in [0.2, 0.25) is 0 Å². The molecule has 0 saturated carbocycles. The predicted molar refractivity (Wildman–Crippen MR) is 110 cm³/mol. The molecule has 5 heteroatoms. The number of hydrogen-bond acceptors (Lipinski definition) is 4. The summed E-state index contributed by atoms with van der Waals surface area (Å²) in [6.45, 7) is 9.75. The van der Waals surface area contributed by atoms with Gasteiger partial charge < -0.3 is 9.52 Å². The van der Waals surface area contributed by atoms with Gasteiger partial charge in [0.25, 0.3) is 0 Å². The van der Waals surface area contributed by atoms with Gasteiger partial charge in [-0.25, -0.2) is 9.78 Å². The SMILES string of the molecule is CCN(CC)CC1=C(C)Cc2ccc(C(=O)O)cc2C(Cc2cnco2)CC1. The Kier molecular flexibility index (Phi) is 6.68. The number of fused-ring (bicyclic) bond motifs is 1. The first-order valence-electron chi connectivity index (χ1n) is 10.1. The van der Waals surface area contributed by atoms with Gasteiger partial charge >= 0.3 is 5.97 Å². The number of carbonyl (C=O) groups is 1. The second kappa shape index (κ2) is 9.20. The summed E-state index contributed by atoms with van der Waals surface area (Å²) in [6, 6.07) is 5.59. The van der Waals surface area contributed by atoms with Crippen LogP contribution in [0.25, 0.3) is 0 Å². The van der Waals surface area contributed by atoms with Gasteiger partial charge in [0.2, 0.25) is 0 Å². The lowest BCUT2D eigenvalue weighted by Gasteiger charge is -2.28. The van der Waals surface area contributed by atoms with Gasteiger partial charge in [-0.1, -0.05) is 31.1 Å². The molecule has 0 amide bonds. The number of allylic oxidation sites excluding steroid dienone is 1. The highest BCUT2D eigenvalue weighted by Gasteiger charge is 2.23.